The van der Waals surface area contributed by atoms with Crippen LogP contribution in [0.2, 0.25) is 0 Å². The number of amides is 1. The van der Waals surface area contributed by atoms with Gasteiger partial charge in [-0.05, 0) is 78.8 Å². The number of hydrogen-bond acceptors (Lipinski definition) is 7. The van der Waals surface area contributed by atoms with Gasteiger partial charge in [0.15, 0.2) is 11.6 Å². The molecule has 44 heavy (non-hydrogen) atoms. The molecule has 0 spiro atoms. The Morgan fingerprint density at radius 1 is 1.00 bits per heavy atom. The summed E-state index contributed by atoms with van der Waals surface area (Å²) in [6.07, 6.45) is 13.5. The maximum Gasteiger partial charge on any atom is 0.254 e. The molecule has 234 valence electrons. The Labute approximate surface area is 260 Å². The van der Waals surface area contributed by atoms with E-state index in [0.717, 1.165) is 44.1 Å². The minimum Gasteiger partial charge on any atom is -0.381 e. The van der Waals surface area contributed by atoms with E-state index < -0.39 is 27.3 Å². The van der Waals surface area contributed by atoms with Crippen molar-refractivity contribution in [3.8, 4) is 6.07 Å². The predicted octanol–water partition coefficient (Wildman–Crippen LogP) is 5.54. The maximum absolute atomic E-state index is 14.6. The van der Waals surface area contributed by atoms with Gasteiger partial charge < -0.3 is 10.4 Å². The maximum atomic E-state index is 14.6. The van der Waals surface area contributed by atoms with E-state index in [4.69, 9.17) is 0 Å². The van der Waals surface area contributed by atoms with Crippen molar-refractivity contribution < 1.29 is 19.5 Å². The van der Waals surface area contributed by atoms with Crippen LogP contribution in [-0.4, -0.2) is 44.7 Å². The van der Waals surface area contributed by atoms with Crippen LogP contribution in [0.15, 0.2) is 42.0 Å². The number of hydrogen-bond donors (Lipinski definition) is 2. The summed E-state index contributed by atoms with van der Waals surface area (Å²) in [4.78, 5) is 48.7. The first-order chi connectivity index (χ1) is 20.4. The Bertz CT molecular complexity index is 1560. The number of fused-ring (bicyclic) bond motifs is 7. The first kappa shape index (κ1) is 30.8. The largest absolute Gasteiger partial charge is 0.381 e. The van der Waals surface area contributed by atoms with E-state index in [0.29, 0.717) is 18.5 Å². The average Bonchev–Trinajstić information content (AvgIpc) is 2.99. The second kappa shape index (κ2) is 9.42. The van der Waals surface area contributed by atoms with Gasteiger partial charge in [-0.3, -0.25) is 14.4 Å². The van der Waals surface area contributed by atoms with E-state index >= 15 is 0 Å². The van der Waals surface area contributed by atoms with Gasteiger partial charge in [0.1, 0.15) is 18.0 Å². The van der Waals surface area contributed by atoms with Gasteiger partial charge in [-0.2, -0.15) is 5.26 Å². The molecule has 3 fully saturated rings. The second-order valence-electron chi connectivity index (χ2n) is 16.5. The van der Waals surface area contributed by atoms with Crippen molar-refractivity contribution in [2.45, 2.75) is 99.0 Å². The molecule has 8 atom stereocenters. The number of nitrogens with one attached hydrogen (secondary N) is 1. The molecule has 1 aromatic rings. The third kappa shape index (κ3) is 3.80. The fourth-order valence-corrected chi connectivity index (χ4v) is 10.8. The molecule has 0 bridgehead atoms. The van der Waals surface area contributed by atoms with Crippen LogP contribution in [0, 0.1) is 55.7 Å². The van der Waals surface area contributed by atoms with Crippen LogP contribution in [0.3, 0.4) is 0 Å². The molecule has 3 saturated carbocycles. The van der Waals surface area contributed by atoms with Crippen molar-refractivity contribution >= 4 is 17.5 Å². The minimum absolute atomic E-state index is 0.0491. The highest BCUT2D eigenvalue weighted by Gasteiger charge is 2.75. The van der Waals surface area contributed by atoms with Gasteiger partial charge in [0.05, 0.1) is 11.1 Å². The quantitative estimate of drug-likeness (QED) is 0.467. The molecule has 1 aromatic heterocycles. The van der Waals surface area contributed by atoms with E-state index in [1.807, 2.05) is 19.9 Å². The van der Waals surface area contributed by atoms with Crippen molar-refractivity contribution in [3.63, 3.8) is 0 Å². The third-order valence-corrected chi connectivity index (χ3v) is 13.8. The van der Waals surface area contributed by atoms with Crippen molar-refractivity contribution in [3.05, 3.63) is 47.6 Å². The van der Waals surface area contributed by atoms with E-state index in [9.17, 15) is 24.8 Å². The number of aliphatic hydroxyl groups is 1. The lowest BCUT2D eigenvalue weighted by molar-refractivity contribution is -0.243. The molecule has 5 aliphatic rings. The molecule has 5 aliphatic carbocycles. The molecule has 1 heterocycles. The standard InChI is InChI=1S/C36H46N4O4/c1-30(2)24-8-9-34(6)25(33(24,5)15-22(17-37)28(30)42)14-27(41)36(44)26-16-31(3,10-11-32(26,4)12-13-35(34,36)7)20-40-29(43)23-18-38-21-39-19-23/h14-15,18-19,21,24,26,44H,8-13,16,20H2,1-7H3,(H,40,43)/t24-,26+,31-,32+,33-,34+,35-,36+/m0/s1. The topological polar surface area (TPSA) is 133 Å². The summed E-state index contributed by atoms with van der Waals surface area (Å²) >= 11 is 0. The fraction of sp³-hybridized carbons (Fsp3) is 0.667. The number of Topliss-reactive ketones (excluding diaryl/α,β-unsaturated/α-hetero) is 1. The number of rotatable bonds is 3. The lowest BCUT2D eigenvalue weighted by Crippen LogP contribution is -2.74. The molecule has 0 aliphatic heterocycles. The summed E-state index contributed by atoms with van der Waals surface area (Å²) in [5.41, 5.74) is -3.20. The Morgan fingerprint density at radius 2 is 1.66 bits per heavy atom. The van der Waals surface area contributed by atoms with Crippen molar-refractivity contribution in [2.24, 2.45) is 44.3 Å². The van der Waals surface area contributed by atoms with Gasteiger partial charge in [0, 0.05) is 41.1 Å². The molecular formula is C36H46N4O4. The number of ketones is 2. The van der Waals surface area contributed by atoms with Gasteiger partial charge in [0.2, 0.25) is 0 Å². The number of nitrogens with zero attached hydrogens (tertiary/aromatic N) is 3. The highest BCUT2D eigenvalue weighted by molar-refractivity contribution is 6.05. The van der Waals surface area contributed by atoms with Crippen molar-refractivity contribution in [1.29, 1.82) is 5.26 Å². The molecule has 6 rings (SSSR count). The predicted molar refractivity (Wildman–Crippen MR) is 165 cm³/mol. The van der Waals surface area contributed by atoms with E-state index in [2.05, 4.69) is 56.0 Å². The number of nitriles is 1. The highest BCUT2D eigenvalue weighted by Crippen LogP contribution is 2.75. The summed E-state index contributed by atoms with van der Waals surface area (Å²) in [6.45, 7) is 15.1. The number of carbonyl (C=O) groups excluding carboxylic acids is 3. The van der Waals surface area contributed by atoms with Crippen LogP contribution in [0.1, 0.15) is 104 Å². The van der Waals surface area contributed by atoms with Crippen molar-refractivity contribution in [2.75, 3.05) is 6.54 Å². The Hall–Kier alpha value is -3.18. The van der Waals surface area contributed by atoms with Gasteiger partial charge in [0.25, 0.3) is 5.91 Å². The second-order valence-corrected chi connectivity index (χ2v) is 16.5. The van der Waals surface area contributed by atoms with Crippen LogP contribution in [0.5, 0.6) is 0 Å². The molecule has 2 N–H and O–H groups in total. The molecule has 1 amide bonds. The Kier molecular flexibility index (Phi) is 6.60. The molecule has 0 aromatic carbocycles. The lowest BCUT2D eigenvalue weighted by atomic mass is 9.33. The average molecular weight is 599 g/mol. The first-order valence-corrected chi connectivity index (χ1v) is 16.1. The monoisotopic (exact) mass is 598 g/mol. The smallest absolute Gasteiger partial charge is 0.254 e. The SMILES string of the molecule is CC1(C)C(=O)C(C#N)=C[C@]2(C)C3=CC(=O)[C@]4(O)[C@@H]5C[C@@](C)(CNC(=O)c6cncnc6)CC[C@]5(C)CC[C@@]4(C)[C@]3(C)CC[C@@H]12. The lowest BCUT2D eigenvalue weighted by Gasteiger charge is -2.71. The fourth-order valence-electron chi connectivity index (χ4n) is 10.8. The molecule has 0 radical (unpaired) electrons. The minimum atomic E-state index is -1.58. The van der Waals surface area contributed by atoms with Crippen LogP contribution in [-0.2, 0) is 9.59 Å². The molecule has 0 unspecified atom stereocenters. The summed E-state index contributed by atoms with van der Waals surface area (Å²) in [7, 11) is 0. The molecular weight excluding hydrogens is 552 g/mol. The zero-order valence-corrected chi connectivity index (χ0v) is 27.2. The zero-order chi connectivity index (χ0) is 32.1. The van der Waals surface area contributed by atoms with Crippen molar-refractivity contribution in [1.82, 2.24) is 15.3 Å². The van der Waals surface area contributed by atoms with Gasteiger partial charge in [-0.25, -0.2) is 9.97 Å². The highest BCUT2D eigenvalue weighted by atomic mass is 16.3. The number of carbonyl (C=O) groups is 3. The van der Waals surface area contributed by atoms with Crippen LogP contribution >= 0.6 is 0 Å². The summed E-state index contributed by atoms with van der Waals surface area (Å²) in [5, 5.41) is 26.1. The summed E-state index contributed by atoms with van der Waals surface area (Å²) in [5.74, 6) is -0.941. The van der Waals surface area contributed by atoms with E-state index in [1.54, 1.807) is 6.08 Å². The number of allylic oxidation sites excluding steroid dienone is 3. The normalized spacial score (nSPS) is 44.1. The van der Waals surface area contributed by atoms with Gasteiger partial charge in [-0.15, -0.1) is 0 Å². The van der Waals surface area contributed by atoms with E-state index in [1.165, 1.54) is 18.7 Å². The summed E-state index contributed by atoms with van der Waals surface area (Å²) < 4.78 is 0. The first-order valence-electron chi connectivity index (χ1n) is 16.1. The van der Waals surface area contributed by atoms with E-state index in [-0.39, 0.29) is 45.7 Å². The van der Waals surface area contributed by atoms with Crippen LogP contribution in [0.4, 0.5) is 0 Å². The molecule has 8 heteroatoms. The zero-order valence-electron chi connectivity index (χ0n) is 27.2. The Balaban J connectivity index is 1.40. The number of aromatic nitrogens is 2. The molecule has 0 saturated heterocycles. The van der Waals surface area contributed by atoms with Crippen LogP contribution < -0.4 is 5.32 Å². The Morgan fingerprint density at radius 3 is 2.32 bits per heavy atom. The third-order valence-electron chi connectivity index (χ3n) is 13.8. The molecule has 8 nitrogen and oxygen atoms in total. The van der Waals surface area contributed by atoms with Crippen LogP contribution in [0.25, 0.3) is 0 Å². The van der Waals surface area contributed by atoms with Gasteiger partial charge >= 0.3 is 0 Å². The van der Waals surface area contributed by atoms with Gasteiger partial charge in [-0.1, -0.05) is 54.5 Å². The summed E-state index contributed by atoms with van der Waals surface area (Å²) in [6, 6.07) is 2.15.